The molecule has 0 saturated carbocycles. The van der Waals surface area contributed by atoms with Gasteiger partial charge in [-0.1, -0.05) is 0 Å². The molecule has 26 heavy (non-hydrogen) atoms. The van der Waals surface area contributed by atoms with Crippen molar-refractivity contribution in [3.05, 3.63) is 62.2 Å². The SMILES string of the molecule is CC(=O)c1ccc(O)cc1.Cc1c(C)c([N+](=O)[O-])c(C)c2c1OC(C)C2. The summed E-state index contributed by atoms with van der Waals surface area (Å²) in [5.41, 5.74) is 4.24. The lowest BCUT2D eigenvalue weighted by Gasteiger charge is -2.11. The van der Waals surface area contributed by atoms with E-state index in [4.69, 9.17) is 9.84 Å². The van der Waals surface area contributed by atoms with Gasteiger partial charge in [-0.05, 0) is 58.9 Å². The molecule has 0 fully saturated rings. The number of hydrogen-bond acceptors (Lipinski definition) is 5. The average Bonchev–Trinajstić information content (AvgIpc) is 2.96. The number of fused-ring (bicyclic) bond motifs is 1. The molecule has 6 nitrogen and oxygen atoms in total. The second kappa shape index (κ2) is 7.56. The molecule has 2 aromatic carbocycles. The van der Waals surface area contributed by atoms with Crippen molar-refractivity contribution in [2.45, 2.75) is 47.1 Å². The first-order chi connectivity index (χ1) is 12.1. The number of nitro groups is 1. The van der Waals surface area contributed by atoms with Crippen LogP contribution < -0.4 is 4.74 Å². The van der Waals surface area contributed by atoms with E-state index >= 15 is 0 Å². The molecule has 6 heteroatoms. The Kier molecular flexibility index (Phi) is 5.65. The number of carbonyl (C=O) groups is 1. The van der Waals surface area contributed by atoms with Crippen LogP contribution in [0.1, 0.15) is 46.5 Å². The molecule has 1 heterocycles. The Bertz CT molecular complexity index is 856. The number of ether oxygens (including phenoxy) is 1. The van der Waals surface area contributed by atoms with Crippen LogP contribution in [0.15, 0.2) is 24.3 Å². The van der Waals surface area contributed by atoms with Crippen LogP contribution in [0.5, 0.6) is 11.5 Å². The first-order valence-electron chi connectivity index (χ1n) is 8.37. The molecule has 1 N–H and O–H groups in total. The topological polar surface area (TPSA) is 89.7 Å². The standard InChI is InChI=1S/C12H15NO3.C8H8O2/c1-6-5-10-9(4)11(13(14)15)7(2)8(3)12(10)16-6;1-6(9)7-2-4-8(10)5-3-7/h6H,5H2,1-4H3;2-5,10H,1H3. The summed E-state index contributed by atoms with van der Waals surface area (Å²) in [6.07, 6.45) is 0.886. The quantitative estimate of drug-likeness (QED) is 0.487. The molecule has 0 radical (unpaired) electrons. The maximum absolute atomic E-state index is 11.0. The number of hydrogen-bond donors (Lipinski definition) is 1. The zero-order valence-electron chi connectivity index (χ0n) is 15.6. The van der Waals surface area contributed by atoms with Crippen LogP contribution in [0.3, 0.4) is 0 Å². The molecule has 138 valence electrons. The van der Waals surface area contributed by atoms with E-state index in [1.165, 1.54) is 19.1 Å². The Morgan fingerprint density at radius 2 is 1.73 bits per heavy atom. The van der Waals surface area contributed by atoms with E-state index in [-0.39, 0.29) is 28.2 Å². The largest absolute Gasteiger partial charge is 0.508 e. The van der Waals surface area contributed by atoms with Gasteiger partial charge >= 0.3 is 0 Å². The Hall–Kier alpha value is -2.89. The summed E-state index contributed by atoms with van der Waals surface area (Å²) >= 11 is 0. The van der Waals surface area contributed by atoms with Crippen molar-refractivity contribution in [1.29, 1.82) is 0 Å². The molecule has 0 bridgehead atoms. The lowest BCUT2D eigenvalue weighted by atomic mass is 9.95. The van der Waals surface area contributed by atoms with Crippen molar-refractivity contribution in [1.82, 2.24) is 0 Å². The minimum Gasteiger partial charge on any atom is -0.508 e. The van der Waals surface area contributed by atoms with Crippen LogP contribution in [0.25, 0.3) is 0 Å². The van der Waals surface area contributed by atoms with Crippen molar-refractivity contribution < 1.29 is 19.6 Å². The van der Waals surface area contributed by atoms with Crippen LogP contribution in [0.4, 0.5) is 5.69 Å². The van der Waals surface area contributed by atoms with Crippen LogP contribution >= 0.6 is 0 Å². The monoisotopic (exact) mass is 357 g/mol. The van der Waals surface area contributed by atoms with Gasteiger partial charge in [0.15, 0.2) is 5.78 Å². The molecule has 1 aliphatic rings. The number of benzene rings is 2. The minimum atomic E-state index is -0.291. The van der Waals surface area contributed by atoms with E-state index in [1.54, 1.807) is 19.1 Å². The fourth-order valence-corrected chi connectivity index (χ4v) is 3.07. The molecular formula is C20H23NO5. The lowest BCUT2D eigenvalue weighted by molar-refractivity contribution is -0.386. The molecular weight excluding hydrogens is 334 g/mol. The van der Waals surface area contributed by atoms with Gasteiger partial charge in [-0.15, -0.1) is 0 Å². The van der Waals surface area contributed by atoms with Crippen LogP contribution in [0.2, 0.25) is 0 Å². The van der Waals surface area contributed by atoms with Crippen molar-refractivity contribution in [3.63, 3.8) is 0 Å². The number of carbonyl (C=O) groups excluding carboxylic acids is 1. The van der Waals surface area contributed by atoms with Crippen molar-refractivity contribution in [2.75, 3.05) is 0 Å². The predicted molar refractivity (Wildman–Crippen MR) is 99.2 cm³/mol. The van der Waals surface area contributed by atoms with Crippen LogP contribution in [-0.4, -0.2) is 21.9 Å². The van der Waals surface area contributed by atoms with E-state index in [0.29, 0.717) is 5.56 Å². The summed E-state index contributed by atoms with van der Waals surface area (Å²) < 4.78 is 5.71. The van der Waals surface area contributed by atoms with Gasteiger partial charge in [0.2, 0.25) is 0 Å². The van der Waals surface area contributed by atoms with E-state index in [0.717, 1.165) is 34.4 Å². The molecule has 0 saturated heterocycles. The number of aromatic hydroxyl groups is 1. The zero-order chi connectivity index (χ0) is 19.6. The van der Waals surface area contributed by atoms with Gasteiger partial charge < -0.3 is 9.84 Å². The van der Waals surface area contributed by atoms with E-state index in [9.17, 15) is 14.9 Å². The first kappa shape index (κ1) is 19.4. The summed E-state index contributed by atoms with van der Waals surface area (Å²) in [6, 6.07) is 6.18. The van der Waals surface area contributed by atoms with Crippen LogP contribution in [-0.2, 0) is 6.42 Å². The Morgan fingerprint density at radius 3 is 2.23 bits per heavy atom. The van der Waals surface area contributed by atoms with Gasteiger partial charge in [-0.3, -0.25) is 14.9 Å². The summed E-state index contributed by atoms with van der Waals surface area (Å²) in [4.78, 5) is 21.4. The third-order valence-electron chi connectivity index (χ3n) is 4.61. The zero-order valence-corrected chi connectivity index (χ0v) is 15.6. The van der Waals surface area contributed by atoms with Crippen molar-refractivity contribution in [3.8, 4) is 11.5 Å². The maximum atomic E-state index is 11.0. The van der Waals surface area contributed by atoms with Crippen LogP contribution in [0, 0.1) is 30.9 Å². The minimum absolute atomic E-state index is 0.0139. The summed E-state index contributed by atoms with van der Waals surface area (Å²) in [6.45, 7) is 8.96. The highest BCUT2D eigenvalue weighted by atomic mass is 16.6. The lowest BCUT2D eigenvalue weighted by Crippen LogP contribution is -2.05. The third-order valence-corrected chi connectivity index (χ3v) is 4.61. The molecule has 1 aliphatic heterocycles. The molecule has 1 atom stereocenters. The number of ketones is 1. The molecule has 3 rings (SSSR count). The van der Waals surface area contributed by atoms with Gasteiger partial charge in [-0.25, -0.2) is 0 Å². The maximum Gasteiger partial charge on any atom is 0.275 e. The fraction of sp³-hybridized carbons (Fsp3) is 0.350. The highest BCUT2D eigenvalue weighted by Gasteiger charge is 2.30. The molecule has 0 aromatic heterocycles. The number of phenols is 1. The second-order valence-corrected chi connectivity index (χ2v) is 6.52. The van der Waals surface area contributed by atoms with Crippen molar-refractivity contribution >= 4 is 11.5 Å². The van der Waals surface area contributed by atoms with E-state index < -0.39 is 0 Å². The van der Waals surface area contributed by atoms with Gasteiger partial charge in [0.05, 0.1) is 4.92 Å². The second-order valence-electron chi connectivity index (χ2n) is 6.52. The van der Waals surface area contributed by atoms with Crippen molar-refractivity contribution in [2.24, 2.45) is 0 Å². The first-order valence-corrected chi connectivity index (χ1v) is 8.37. The van der Waals surface area contributed by atoms with Gasteiger partial charge in [-0.2, -0.15) is 0 Å². The molecule has 0 spiro atoms. The highest BCUT2D eigenvalue weighted by molar-refractivity contribution is 5.94. The number of Topliss-reactive ketones (excluding diaryl/α,β-unsaturated/α-hetero) is 1. The number of nitro benzene ring substituents is 1. The fourth-order valence-electron chi connectivity index (χ4n) is 3.07. The van der Waals surface area contributed by atoms with Gasteiger partial charge in [0.1, 0.15) is 17.6 Å². The van der Waals surface area contributed by atoms with Gasteiger partial charge in [0.25, 0.3) is 5.69 Å². The van der Waals surface area contributed by atoms with E-state index in [1.807, 2.05) is 20.8 Å². The average molecular weight is 357 g/mol. The molecule has 0 aliphatic carbocycles. The summed E-state index contributed by atoms with van der Waals surface area (Å²) in [5.74, 6) is 1.05. The smallest absolute Gasteiger partial charge is 0.275 e. The Labute approximate surface area is 152 Å². The molecule has 2 aromatic rings. The van der Waals surface area contributed by atoms with Gasteiger partial charge in [0, 0.05) is 34.2 Å². The molecule has 1 unspecified atom stereocenters. The predicted octanol–water partition coefficient (Wildman–Crippen LogP) is 4.44. The third kappa shape index (κ3) is 3.85. The molecule has 0 amide bonds. The summed E-state index contributed by atoms with van der Waals surface area (Å²) in [7, 11) is 0. The van der Waals surface area contributed by atoms with E-state index in [2.05, 4.69) is 0 Å². The number of phenolic OH excluding ortho intramolecular Hbond substituents is 1. The number of nitrogens with zero attached hydrogens (tertiary/aromatic N) is 1. The Balaban J connectivity index is 0.000000209. The normalized spacial score (nSPS) is 14.7. The highest BCUT2D eigenvalue weighted by Crippen LogP contribution is 2.41. The summed E-state index contributed by atoms with van der Waals surface area (Å²) in [5, 5.41) is 19.9. The Morgan fingerprint density at radius 1 is 1.15 bits per heavy atom. The number of rotatable bonds is 2.